The Morgan fingerprint density at radius 1 is 1.33 bits per heavy atom. The van der Waals surface area contributed by atoms with Crippen LogP contribution < -0.4 is 5.32 Å². The number of aliphatic hydroxyl groups excluding tert-OH is 1. The van der Waals surface area contributed by atoms with Crippen molar-refractivity contribution in [3.63, 3.8) is 0 Å². The summed E-state index contributed by atoms with van der Waals surface area (Å²) in [6, 6.07) is 8.76. The number of aliphatic hydroxyl groups is 1. The first-order valence-electron chi connectivity index (χ1n) is 6.94. The molecule has 112 valence electrons. The number of hydrogen-bond donors (Lipinski definition) is 2. The Kier molecular flexibility index (Phi) is 4.75. The van der Waals surface area contributed by atoms with Crippen LogP contribution in [0.25, 0.3) is 0 Å². The van der Waals surface area contributed by atoms with Gasteiger partial charge in [-0.3, -0.25) is 4.79 Å². The zero-order valence-electron chi connectivity index (χ0n) is 12.5. The van der Waals surface area contributed by atoms with Gasteiger partial charge >= 0.3 is 0 Å². The molecule has 0 saturated carbocycles. The van der Waals surface area contributed by atoms with E-state index in [1.807, 2.05) is 26.8 Å². The molecule has 0 saturated heterocycles. The Morgan fingerprint density at radius 2 is 2.00 bits per heavy atom. The highest BCUT2D eigenvalue weighted by atomic mass is 16.5. The van der Waals surface area contributed by atoms with Gasteiger partial charge in [-0.05, 0) is 32.8 Å². The second-order valence-electron chi connectivity index (χ2n) is 5.23. The first-order chi connectivity index (χ1) is 9.99. The third kappa shape index (κ3) is 3.70. The van der Waals surface area contributed by atoms with Crippen molar-refractivity contribution in [2.24, 2.45) is 0 Å². The molecule has 0 aliphatic rings. The van der Waals surface area contributed by atoms with Crippen LogP contribution in [0.15, 0.2) is 34.9 Å². The van der Waals surface area contributed by atoms with E-state index >= 15 is 0 Å². The number of hydrogen-bond acceptors (Lipinski definition) is 4. The van der Waals surface area contributed by atoms with Gasteiger partial charge in [0.2, 0.25) is 0 Å². The maximum atomic E-state index is 12.1. The summed E-state index contributed by atoms with van der Waals surface area (Å²) < 4.78 is 5.11. The molecule has 2 aromatic rings. The van der Waals surface area contributed by atoms with Crippen molar-refractivity contribution < 1.29 is 14.4 Å². The Balaban J connectivity index is 1.96. The molecular formula is C16H20N2O3. The van der Waals surface area contributed by atoms with Crippen molar-refractivity contribution in [3.05, 3.63) is 52.9 Å². The fourth-order valence-corrected chi connectivity index (χ4v) is 2.26. The van der Waals surface area contributed by atoms with Crippen molar-refractivity contribution in [2.45, 2.75) is 39.3 Å². The normalized spacial score (nSPS) is 13.7. The number of aryl methyl sites for hydroxylation is 2. The van der Waals surface area contributed by atoms with Crippen LogP contribution >= 0.6 is 0 Å². The topological polar surface area (TPSA) is 75.4 Å². The number of carbonyl (C=O) groups is 1. The predicted molar refractivity (Wildman–Crippen MR) is 78.7 cm³/mol. The van der Waals surface area contributed by atoms with E-state index in [-0.39, 0.29) is 6.04 Å². The summed E-state index contributed by atoms with van der Waals surface area (Å²) >= 11 is 0. The lowest BCUT2D eigenvalue weighted by molar-refractivity contribution is -0.130. The third-order valence-corrected chi connectivity index (χ3v) is 3.44. The third-order valence-electron chi connectivity index (χ3n) is 3.44. The van der Waals surface area contributed by atoms with Crippen LogP contribution in [0.1, 0.15) is 35.6 Å². The molecule has 2 N–H and O–H groups in total. The molecule has 1 aromatic carbocycles. The lowest BCUT2D eigenvalue weighted by Gasteiger charge is -2.17. The van der Waals surface area contributed by atoms with Gasteiger partial charge in [-0.2, -0.15) is 0 Å². The Bertz CT molecular complexity index is 588. The van der Waals surface area contributed by atoms with Crippen LogP contribution in [0, 0.1) is 13.8 Å². The molecule has 2 unspecified atom stereocenters. The van der Waals surface area contributed by atoms with Gasteiger partial charge in [0.05, 0.1) is 5.69 Å². The minimum Gasteiger partial charge on any atom is -0.378 e. The second-order valence-corrected chi connectivity index (χ2v) is 5.23. The van der Waals surface area contributed by atoms with Crippen molar-refractivity contribution in [1.29, 1.82) is 0 Å². The summed E-state index contributed by atoms with van der Waals surface area (Å²) in [5.41, 5.74) is 2.41. The van der Waals surface area contributed by atoms with E-state index in [9.17, 15) is 9.90 Å². The average Bonchev–Trinajstić information content (AvgIpc) is 2.79. The average molecular weight is 288 g/mol. The van der Waals surface area contributed by atoms with Crippen LogP contribution in [-0.4, -0.2) is 22.2 Å². The highest BCUT2D eigenvalue weighted by Crippen LogP contribution is 2.16. The second kappa shape index (κ2) is 6.54. The fourth-order valence-electron chi connectivity index (χ4n) is 2.26. The number of nitrogens with zero attached hydrogens (tertiary/aromatic N) is 1. The number of rotatable bonds is 5. The molecule has 5 heteroatoms. The van der Waals surface area contributed by atoms with E-state index in [1.165, 1.54) is 0 Å². The highest BCUT2D eigenvalue weighted by molar-refractivity contribution is 5.82. The summed E-state index contributed by atoms with van der Waals surface area (Å²) in [6.07, 6.45) is -0.535. The van der Waals surface area contributed by atoms with E-state index < -0.39 is 12.0 Å². The minimum absolute atomic E-state index is 0.118. The number of benzene rings is 1. The van der Waals surface area contributed by atoms with E-state index in [2.05, 4.69) is 10.5 Å². The number of carbonyl (C=O) groups excluding carboxylic acids is 1. The zero-order valence-corrected chi connectivity index (χ0v) is 12.5. The van der Waals surface area contributed by atoms with Crippen molar-refractivity contribution in [1.82, 2.24) is 10.5 Å². The first kappa shape index (κ1) is 15.3. The van der Waals surface area contributed by atoms with Crippen molar-refractivity contribution in [3.8, 4) is 0 Å². The Hall–Kier alpha value is -2.14. The van der Waals surface area contributed by atoms with E-state index in [4.69, 9.17) is 4.52 Å². The van der Waals surface area contributed by atoms with Crippen molar-refractivity contribution in [2.75, 3.05) is 0 Å². The molecule has 0 aliphatic heterocycles. The Labute approximate surface area is 124 Å². The SMILES string of the molecule is Cc1noc(C)c1CC(C)NC(=O)C(O)c1ccccc1. The molecule has 1 heterocycles. The largest absolute Gasteiger partial charge is 0.378 e. The molecule has 21 heavy (non-hydrogen) atoms. The number of nitrogens with one attached hydrogen (secondary N) is 1. The van der Waals surface area contributed by atoms with Crippen LogP contribution in [0.5, 0.6) is 0 Å². The van der Waals surface area contributed by atoms with Crippen molar-refractivity contribution >= 4 is 5.91 Å². The minimum atomic E-state index is -1.15. The van der Waals surface area contributed by atoms with Crippen LogP contribution in [-0.2, 0) is 11.2 Å². The van der Waals surface area contributed by atoms with Gasteiger partial charge in [-0.25, -0.2) is 0 Å². The van der Waals surface area contributed by atoms with Crippen LogP contribution in [0.3, 0.4) is 0 Å². The molecule has 0 fully saturated rings. The summed E-state index contributed by atoms with van der Waals surface area (Å²) in [4.78, 5) is 12.1. The molecule has 5 nitrogen and oxygen atoms in total. The summed E-state index contributed by atoms with van der Waals surface area (Å²) in [7, 11) is 0. The maximum Gasteiger partial charge on any atom is 0.253 e. The smallest absolute Gasteiger partial charge is 0.253 e. The molecule has 0 aliphatic carbocycles. The highest BCUT2D eigenvalue weighted by Gasteiger charge is 2.20. The fraction of sp³-hybridized carbons (Fsp3) is 0.375. The molecular weight excluding hydrogens is 268 g/mol. The van der Waals surface area contributed by atoms with Gasteiger partial charge in [0, 0.05) is 11.6 Å². The van der Waals surface area contributed by atoms with Gasteiger partial charge in [0.25, 0.3) is 5.91 Å². The van der Waals surface area contributed by atoms with Gasteiger partial charge in [0.15, 0.2) is 6.10 Å². The molecule has 0 spiro atoms. The summed E-state index contributed by atoms with van der Waals surface area (Å²) in [6.45, 7) is 5.61. The van der Waals surface area contributed by atoms with Gasteiger partial charge in [-0.1, -0.05) is 35.5 Å². The van der Waals surface area contributed by atoms with Crippen LogP contribution in [0.4, 0.5) is 0 Å². The predicted octanol–water partition coefficient (Wildman–Crippen LogP) is 2.07. The number of aromatic nitrogens is 1. The molecule has 1 aromatic heterocycles. The lowest BCUT2D eigenvalue weighted by atomic mass is 10.0. The molecule has 2 rings (SSSR count). The van der Waals surface area contributed by atoms with Gasteiger partial charge in [0.1, 0.15) is 5.76 Å². The molecule has 0 radical (unpaired) electrons. The standard InChI is InChI=1S/C16H20N2O3/c1-10(9-14-11(2)18-21-12(14)3)17-16(20)15(19)13-7-5-4-6-8-13/h4-8,10,15,19H,9H2,1-3H3,(H,17,20). The maximum absolute atomic E-state index is 12.1. The van der Waals surface area contributed by atoms with Crippen LogP contribution in [0.2, 0.25) is 0 Å². The van der Waals surface area contributed by atoms with Gasteiger partial charge < -0.3 is 14.9 Å². The number of amides is 1. The summed E-state index contributed by atoms with van der Waals surface area (Å²) in [5, 5.41) is 16.7. The first-order valence-corrected chi connectivity index (χ1v) is 6.94. The van der Waals surface area contributed by atoms with E-state index in [0.717, 1.165) is 17.0 Å². The van der Waals surface area contributed by atoms with Gasteiger partial charge in [-0.15, -0.1) is 0 Å². The quantitative estimate of drug-likeness (QED) is 0.883. The lowest BCUT2D eigenvalue weighted by Crippen LogP contribution is -2.37. The van der Waals surface area contributed by atoms with E-state index in [1.54, 1.807) is 24.3 Å². The molecule has 0 bridgehead atoms. The van der Waals surface area contributed by atoms with E-state index in [0.29, 0.717) is 12.0 Å². The Morgan fingerprint density at radius 3 is 2.57 bits per heavy atom. The molecule has 1 amide bonds. The molecule has 2 atom stereocenters. The monoisotopic (exact) mass is 288 g/mol. The zero-order chi connectivity index (χ0) is 15.4. The summed E-state index contributed by atoms with van der Waals surface area (Å²) in [5.74, 6) is 0.359.